The zero-order chi connectivity index (χ0) is 34.9. The molecule has 10 heteroatoms. The van der Waals surface area contributed by atoms with E-state index in [2.05, 4.69) is 50.9 Å². The molecule has 0 aromatic heterocycles. The third-order valence-electron chi connectivity index (χ3n) is 11.0. The van der Waals surface area contributed by atoms with Gasteiger partial charge in [0, 0.05) is 50.4 Å². The molecule has 0 spiro atoms. The summed E-state index contributed by atoms with van der Waals surface area (Å²) < 4.78 is 15.8. The summed E-state index contributed by atoms with van der Waals surface area (Å²) in [6, 6.07) is 13.7. The highest BCUT2D eigenvalue weighted by molar-refractivity contribution is 8.01. The minimum atomic E-state index is -0.510. The number of hydrogen-bond donors (Lipinski definition) is 1. The summed E-state index contributed by atoms with van der Waals surface area (Å²) in [5.74, 6) is -0.121. The molecule has 266 valence electrons. The van der Waals surface area contributed by atoms with Crippen LogP contribution in [0.5, 0.6) is 0 Å². The van der Waals surface area contributed by atoms with Crippen molar-refractivity contribution in [3.63, 3.8) is 0 Å². The Morgan fingerprint density at radius 1 is 0.959 bits per heavy atom. The Kier molecular flexibility index (Phi) is 10.9. The Morgan fingerprint density at radius 3 is 2.37 bits per heavy atom. The van der Waals surface area contributed by atoms with Gasteiger partial charge in [-0.05, 0) is 106 Å². The summed E-state index contributed by atoms with van der Waals surface area (Å²) in [4.78, 5) is 49.2. The van der Waals surface area contributed by atoms with Crippen LogP contribution in [-0.4, -0.2) is 94.0 Å². The molecule has 0 saturated carbocycles. The van der Waals surface area contributed by atoms with Crippen molar-refractivity contribution < 1.29 is 18.8 Å². The van der Waals surface area contributed by atoms with E-state index in [4.69, 9.17) is 0 Å². The van der Waals surface area contributed by atoms with Gasteiger partial charge in [-0.3, -0.25) is 9.59 Å². The van der Waals surface area contributed by atoms with E-state index in [1.807, 2.05) is 39.0 Å². The van der Waals surface area contributed by atoms with Crippen molar-refractivity contribution in [1.29, 1.82) is 0 Å². The van der Waals surface area contributed by atoms with E-state index >= 15 is 4.39 Å². The number of urea groups is 1. The number of likely N-dealkylation sites (tertiary alicyclic amines) is 2. The summed E-state index contributed by atoms with van der Waals surface area (Å²) in [7, 11) is 0. The van der Waals surface area contributed by atoms with Crippen LogP contribution in [-0.2, 0) is 16.0 Å². The maximum atomic E-state index is 15.8. The fourth-order valence-corrected chi connectivity index (χ4v) is 9.51. The topological polar surface area (TPSA) is 76.2 Å². The number of thioether (sulfide) groups is 1. The predicted molar refractivity (Wildman–Crippen MR) is 195 cm³/mol. The van der Waals surface area contributed by atoms with Crippen LogP contribution < -0.4 is 5.32 Å². The van der Waals surface area contributed by atoms with Gasteiger partial charge in [-0.25, -0.2) is 9.18 Å². The van der Waals surface area contributed by atoms with Crippen molar-refractivity contribution in [2.75, 3.05) is 44.6 Å². The Balaban J connectivity index is 1.13. The van der Waals surface area contributed by atoms with Crippen LogP contribution in [0.1, 0.15) is 101 Å². The van der Waals surface area contributed by atoms with Gasteiger partial charge in [0.15, 0.2) is 0 Å². The fourth-order valence-electron chi connectivity index (χ4n) is 8.00. The van der Waals surface area contributed by atoms with Gasteiger partial charge in [0.25, 0.3) is 0 Å². The second-order valence-electron chi connectivity index (χ2n) is 15.8. The molecule has 0 unspecified atom stereocenters. The molecule has 6 rings (SSSR count). The first-order valence-corrected chi connectivity index (χ1v) is 19.3. The Bertz CT molecular complexity index is 1510. The van der Waals surface area contributed by atoms with Gasteiger partial charge in [-0.2, -0.15) is 0 Å². The average molecular weight is 692 g/mol. The molecule has 3 fully saturated rings. The number of rotatable bonds is 8. The normalized spacial score (nSPS) is 23.2. The molecule has 2 aromatic rings. The summed E-state index contributed by atoms with van der Waals surface area (Å²) in [5, 5.41) is 2.24. The van der Waals surface area contributed by atoms with E-state index in [1.54, 1.807) is 12.1 Å². The smallest absolute Gasteiger partial charge is 0.322 e. The van der Waals surface area contributed by atoms with E-state index in [0.29, 0.717) is 45.1 Å². The van der Waals surface area contributed by atoms with Gasteiger partial charge >= 0.3 is 6.03 Å². The van der Waals surface area contributed by atoms with Crippen LogP contribution in [0.2, 0.25) is 0 Å². The van der Waals surface area contributed by atoms with Crippen molar-refractivity contribution in [3.8, 4) is 0 Å². The summed E-state index contributed by atoms with van der Waals surface area (Å²) in [6.45, 7) is 15.1. The number of benzene rings is 2. The predicted octanol–water partition coefficient (Wildman–Crippen LogP) is 7.26. The number of para-hydroxylation sites is 1. The van der Waals surface area contributed by atoms with Crippen LogP contribution in [0.4, 0.5) is 14.9 Å². The second-order valence-corrected chi connectivity index (χ2v) is 17.1. The lowest BCUT2D eigenvalue weighted by molar-refractivity contribution is -0.137. The molecule has 4 amide bonds. The Labute approximate surface area is 296 Å². The van der Waals surface area contributed by atoms with Crippen LogP contribution >= 0.6 is 11.8 Å². The first-order valence-electron chi connectivity index (χ1n) is 18.3. The van der Waals surface area contributed by atoms with Gasteiger partial charge in [-0.1, -0.05) is 51.1 Å². The fraction of sp³-hybridized carbons (Fsp3) is 0.615. The highest BCUT2D eigenvalue weighted by atomic mass is 32.2. The molecule has 0 aliphatic carbocycles. The third-order valence-corrected chi connectivity index (χ3v) is 12.5. The Hall–Kier alpha value is -3.11. The van der Waals surface area contributed by atoms with Gasteiger partial charge in [0.2, 0.25) is 11.8 Å². The number of anilines is 1. The number of carbonyl (C=O) groups excluding carboxylic acids is 3. The lowest BCUT2D eigenvalue weighted by atomic mass is 9.85. The molecule has 0 bridgehead atoms. The standard InChI is InChI=1S/C39H54FN5O3S/c1-26(2)42-19-13-28(14-20-42)35-30(10-8-11-31(35)40)37-45(24-18-39(3,4)5)36(47)33(49-37)25-34(46)43-21-16-29(17-22-43)44-23-15-27-9-6-7-12-32(27)41-38(44)48/h6-12,26,28-29,33,37H,13-25H2,1-5H3,(H,41,48)/t33-,37+/m1/s1. The first kappa shape index (κ1) is 35.7. The van der Waals surface area contributed by atoms with Gasteiger partial charge in [0.05, 0.1) is 5.25 Å². The maximum absolute atomic E-state index is 15.8. The quantitative estimate of drug-likeness (QED) is 0.316. The molecule has 4 aliphatic rings. The average Bonchev–Trinajstić information content (AvgIpc) is 3.27. The molecule has 2 atom stereocenters. The molecule has 2 aromatic carbocycles. The van der Waals surface area contributed by atoms with Gasteiger partial charge in [-0.15, -0.1) is 11.8 Å². The molecule has 3 saturated heterocycles. The van der Waals surface area contributed by atoms with E-state index in [-0.39, 0.29) is 52.8 Å². The number of amides is 4. The van der Waals surface area contributed by atoms with Crippen LogP contribution in [0.15, 0.2) is 42.5 Å². The van der Waals surface area contributed by atoms with E-state index in [9.17, 15) is 14.4 Å². The van der Waals surface area contributed by atoms with Crippen molar-refractivity contribution in [2.45, 2.75) is 108 Å². The molecule has 8 nitrogen and oxygen atoms in total. The summed E-state index contributed by atoms with van der Waals surface area (Å²) in [6.07, 6.45) is 4.96. The zero-order valence-corrected chi connectivity index (χ0v) is 30.7. The van der Waals surface area contributed by atoms with Gasteiger partial charge in [0.1, 0.15) is 11.2 Å². The number of nitrogens with zero attached hydrogens (tertiary/aromatic N) is 4. The van der Waals surface area contributed by atoms with E-state index in [0.717, 1.165) is 61.2 Å². The zero-order valence-electron chi connectivity index (χ0n) is 29.9. The lowest BCUT2D eigenvalue weighted by Crippen LogP contribution is -2.50. The number of carbonyl (C=O) groups is 3. The third kappa shape index (κ3) is 8.11. The lowest BCUT2D eigenvalue weighted by Gasteiger charge is -2.38. The molecule has 49 heavy (non-hydrogen) atoms. The molecule has 4 heterocycles. The number of halogens is 1. The highest BCUT2D eigenvalue weighted by Crippen LogP contribution is 2.48. The molecular weight excluding hydrogens is 638 g/mol. The molecule has 4 aliphatic heterocycles. The summed E-state index contributed by atoms with van der Waals surface area (Å²) >= 11 is 1.53. The van der Waals surface area contributed by atoms with Crippen molar-refractivity contribution >= 4 is 35.3 Å². The number of nitrogens with one attached hydrogen (secondary N) is 1. The van der Waals surface area contributed by atoms with Crippen LogP contribution in [0, 0.1) is 11.2 Å². The summed E-state index contributed by atoms with van der Waals surface area (Å²) in [5.41, 5.74) is 3.69. The number of fused-ring (bicyclic) bond motifs is 1. The van der Waals surface area contributed by atoms with E-state index < -0.39 is 5.25 Å². The SMILES string of the molecule is CC(C)N1CCC(c2c(F)cccc2[C@@H]2S[C@H](CC(=O)N3CCC(N4CCc5ccccc5NC4=O)CC3)C(=O)N2CCC(C)(C)C)CC1. The highest BCUT2D eigenvalue weighted by Gasteiger charge is 2.44. The van der Waals surface area contributed by atoms with Crippen molar-refractivity contribution in [3.05, 3.63) is 65.0 Å². The molecule has 0 radical (unpaired) electrons. The Morgan fingerprint density at radius 2 is 1.67 bits per heavy atom. The minimum Gasteiger partial charge on any atom is -0.342 e. The molecule has 1 N–H and O–H groups in total. The van der Waals surface area contributed by atoms with Crippen molar-refractivity contribution in [1.82, 2.24) is 19.6 Å². The van der Waals surface area contributed by atoms with Crippen LogP contribution in [0.3, 0.4) is 0 Å². The second kappa shape index (κ2) is 15.0. The van der Waals surface area contributed by atoms with E-state index in [1.165, 1.54) is 11.8 Å². The monoisotopic (exact) mass is 691 g/mol. The largest absolute Gasteiger partial charge is 0.342 e. The molecular formula is C39H54FN5O3S. The maximum Gasteiger partial charge on any atom is 0.322 e. The first-order chi connectivity index (χ1) is 23.4. The van der Waals surface area contributed by atoms with Crippen LogP contribution in [0.25, 0.3) is 0 Å². The number of piperidine rings is 2. The van der Waals surface area contributed by atoms with Gasteiger partial charge < -0.3 is 24.9 Å². The minimum absolute atomic E-state index is 0.0195. The number of hydrogen-bond acceptors (Lipinski definition) is 5. The van der Waals surface area contributed by atoms with Crippen molar-refractivity contribution in [2.24, 2.45) is 5.41 Å².